The van der Waals surface area contributed by atoms with Gasteiger partial charge in [0, 0.05) is 79.0 Å². The Labute approximate surface area is 311 Å². The SMILES string of the molecule is Cc1cc2c(-c3ccc(S(=O)(=O)O)cc3C(=O)N3CCC(C(=O)O)CC3)c3cc(C)c(=NCCCOOOS)cc-3oc2cc1NCCCS(=O)(=O)O. The molecule has 0 spiro atoms. The minimum absolute atomic E-state index is 0.0217. The molecule has 286 valence electrons. The minimum atomic E-state index is -4.72. The van der Waals surface area contributed by atoms with Gasteiger partial charge >= 0.3 is 5.97 Å². The Bertz CT molecular complexity index is 2270. The van der Waals surface area contributed by atoms with E-state index in [0.717, 1.165) is 17.2 Å². The Morgan fingerprint density at radius 2 is 1.74 bits per heavy atom. The van der Waals surface area contributed by atoms with E-state index in [2.05, 4.69) is 32.6 Å². The van der Waals surface area contributed by atoms with Crippen LogP contribution < -0.4 is 10.7 Å². The number of aliphatic carboxylic acids is 1. The van der Waals surface area contributed by atoms with Crippen LogP contribution in [0, 0.1) is 19.8 Å². The average molecular weight is 794 g/mol. The molecule has 0 aromatic heterocycles. The number of anilines is 1. The first-order chi connectivity index (χ1) is 25.1. The van der Waals surface area contributed by atoms with Gasteiger partial charge in [-0.1, -0.05) is 11.1 Å². The molecule has 5 rings (SSSR count). The molecule has 2 aromatic carbocycles. The maximum Gasteiger partial charge on any atom is 0.306 e. The number of piperidine rings is 1. The summed E-state index contributed by atoms with van der Waals surface area (Å²) < 4.78 is 76.8. The van der Waals surface area contributed by atoms with E-state index >= 15 is 0 Å². The van der Waals surface area contributed by atoms with Crippen LogP contribution in [0.2, 0.25) is 0 Å². The molecule has 1 aliphatic carbocycles. The lowest BCUT2D eigenvalue weighted by atomic mass is 9.88. The molecule has 0 radical (unpaired) electrons. The minimum Gasteiger partial charge on any atom is -0.481 e. The van der Waals surface area contributed by atoms with E-state index in [-0.39, 0.29) is 51.1 Å². The molecular weight excluding hydrogens is 755 g/mol. The largest absolute Gasteiger partial charge is 0.481 e. The number of carboxylic acid groups (broad SMARTS) is 1. The zero-order chi connectivity index (χ0) is 38.5. The van der Waals surface area contributed by atoms with E-state index in [1.165, 1.54) is 17.0 Å². The smallest absolute Gasteiger partial charge is 0.306 e. The third kappa shape index (κ3) is 9.92. The molecule has 3 aliphatic rings. The standard InChI is InChI=1S/C34H39N3O13S3/c1-20-15-26-30(18-28(20)35-9-3-13-47-49-50-51)48-31-19-29(36-10-4-14-52(41,42)43)21(2)16-27(31)32(26)24-6-5-23(53(44,45)46)17-25(24)33(38)37-11-7-22(8-12-37)34(39)40/h5-6,15-19,22,36,51H,3-4,7-14H2,1-2H3,(H,39,40)(H,41,42,43)(H,44,45,46). The summed E-state index contributed by atoms with van der Waals surface area (Å²) in [6.45, 7) is 4.69. The number of thiol groups is 1. The van der Waals surface area contributed by atoms with E-state index in [4.69, 9.17) is 13.9 Å². The lowest BCUT2D eigenvalue weighted by molar-refractivity contribution is -0.458. The van der Waals surface area contributed by atoms with Gasteiger partial charge in [0.25, 0.3) is 26.1 Å². The van der Waals surface area contributed by atoms with Crippen molar-refractivity contribution in [2.24, 2.45) is 10.9 Å². The number of fused-ring (bicyclic) bond motifs is 2. The van der Waals surface area contributed by atoms with Crippen molar-refractivity contribution in [3.8, 4) is 22.5 Å². The van der Waals surface area contributed by atoms with Crippen LogP contribution in [0.25, 0.3) is 33.4 Å². The second-order valence-electron chi connectivity index (χ2n) is 12.6. The van der Waals surface area contributed by atoms with Crippen LogP contribution in [0.1, 0.15) is 47.2 Å². The van der Waals surface area contributed by atoms with Gasteiger partial charge in [0.2, 0.25) is 0 Å². The summed E-state index contributed by atoms with van der Waals surface area (Å²) in [5.74, 6) is -2.16. The molecule has 4 N–H and O–H groups in total. The van der Waals surface area contributed by atoms with Gasteiger partial charge in [0.1, 0.15) is 11.3 Å². The molecule has 0 saturated carbocycles. The fraction of sp³-hybridized carbons (Fsp3) is 0.382. The Kier molecular flexibility index (Phi) is 12.8. The molecule has 1 fully saturated rings. The number of likely N-dealkylation sites (tertiary alicyclic amines) is 1. The molecule has 53 heavy (non-hydrogen) atoms. The number of aryl methyl sites for hydroxylation is 2. The number of amides is 1. The molecule has 0 unspecified atom stereocenters. The van der Waals surface area contributed by atoms with Crippen molar-refractivity contribution in [2.75, 3.05) is 43.9 Å². The van der Waals surface area contributed by atoms with Crippen molar-refractivity contribution in [1.82, 2.24) is 4.90 Å². The fourth-order valence-corrected chi connectivity index (χ4v) is 7.33. The third-order valence-electron chi connectivity index (χ3n) is 8.94. The van der Waals surface area contributed by atoms with Crippen molar-refractivity contribution in [2.45, 2.75) is 44.4 Å². The van der Waals surface area contributed by atoms with Crippen LogP contribution in [-0.4, -0.2) is 86.4 Å². The van der Waals surface area contributed by atoms with Crippen LogP contribution in [0.3, 0.4) is 0 Å². The molecule has 2 aliphatic heterocycles. The summed E-state index contributed by atoms with van der Waals surface area (Å²) in [4.78, 5) is 36.3. The molecule has 2 aromatic rings. The molecule has 0 bridgehead atoms. The van der Waals surface area contributed by atoms with Gasteiger partial charge in [0.05, 0.1) is 28.5 Å². The molecule has 0 atom stereocenters. The Hall–Kier alpha value is -4.08. The van der Waals surface area contributed by atoms with Crippen molar-refractivity contribution < 1.29 is 59.3 Å². The van der Waals surface area contributed by atoms with Gasteiger partial charge in [0.15, 0.2) is 0 Å². The van der Waals surface area contributed by atoms with Crippen molar-refractivity contribution >= 4 is 61.7 Å². The van der Waals surface area contributed by atoms with Gasteiger partial charge in [-0.15, -0.1) is 4.33 Å². The predicted molar refractivity (Wildman–Crippen MR) is 196 cm³/mol. The number of nitrogens with one attached hydrogen (secondary N) is 1. The van der Waals surface area contributed by atoms with Crippen LogP contribution in [0.4, 0.5) is 5.69 Å². The molecular formula is C34H39N3O13S3. The van der Waals surface area contributed by atoms with E-state index in [1.54, 1.807) is 12.1 Å². The van der Waals surface area contributed by atoms with Crippen molar-refractivity contribution in [3.05, 3.63) is 64.5 Å². The van der Waals surface area contributed by atoms with Gasteiger partial charge in [-0.05, 0) is 80.5 Å². The highest BCUT2D eigenvalue weighted by Crippen LogP contribution is 2.43. The van der Waals surface area contributed by atoms with Crippen LogP contribution in [0.15, 0.2) is 56.8 Å². The number of carbonyl (C=O) groups excluding carboxylic acids is 1. The Morgan fingerprint density at radius 1 is 1.00 bits per heavy atom. The summed E-state index contributed by atoms with van der Waals surface area (Å²) in [5.41, 5.74) is 3.89. The second kappa shape index (κ2) is 16.9. The highest BCUT2D eigenvalue weighted by Gasteiger charge is 2.31. The number of hydrogen-bond donors (Lipinski definition) is 5. The maximum atomic E-state index is 14.3. The topological polar surface area (TPSA) is 232 Å². The van der Waals surface area contributed by atoms with E-state index in [0.29, 0.717) is 57.4 Å². The van der Waals surface area contributed by atoms with Crippen LogP contribution in [0.5, 0.6) is 0 Å². The first-order valence-electron chi connectivity index (χ1n) is 16.5. The van der Waals surface area contributed by atoms with Crippen molar-refractivity contribution in [1.29, 1.82) is 0 Å². The summed E-state index contributed by atoms with van der Waals surface area (Å²) in [6, 6.07) is 10.9. The zero-order valence-electron chi connectivity index (χ0n) is 28.8. The van der Waals surface area contributed by atoms with E-state index in [1.807, 2.05) is 26.0 Å². The fourth-order valence-electron chi connectivity index (χ4n) is 6.27. The first-order valence-corrected chi connectivity index (χ1v) is 19.9. The summed E-state index contributed by atoms with van der Waals surface area (Å²) in [5, 5.41) is 18.1. The van der Waals surface area contributed by atoms with Crippen LogP contribution >= 0.6 is 12.9 Å². The van der Waals surface area contributed by atoms with E-state index in [9.17, 15) is 36.1 Å². The maximum absolute atomic E-state index is 14.3. The summed E-state index contributed by atoms with van der Waals surface area (Å²) in [6.07, 6.45) is 1.05. The zero-order valence-corrected chi connectivity index (χ0v) is 31.3. The molecule has 19 heteroatoms. The first kappa shape index (κ1) is 40.1. The predicted octanol–water partition coefficient (Wildman–Crippen LogP) is 4.71. The average Bonchev–Trinajstić information content (AvgIpc) is 3.10. The van der Waals surface area contributed by atoms with Crippen LogP contribution in [-0.2, 0) is 39.3 Å². The number of carbonyl (C=O) groups is 2. The molecule has 16 nitrogen and oxygen atoms in total. The molecule has 1 amide bonds. The number of hydrogen-bond acceptors (Lipinski definition) is 13. The molecule has 2 heterocycles. The number of carboxylic acids is 1. The highest BCUT2D eigenvalue weighted by molar-refractivity contribution is 7.86. The van der Waals surface area contributed by atoms with Gasteiger partial charge in [-0.2, -0.15) is 16.8 Å². The number of benzene rings is 3. The summed E-state index contributed by atoms with van der Waals surface area (Å²) in [7, 11) is -8.87. The number of rotatable bonds is 15. The van der Waals surface area contributed by atoms with Gasteiger partial charge in [-0.25, -0.2) is 4.89 Å². The van der Waals surface area contributed by atoms with Gasteiger partial charge < -0.3 is 19.7 Å². The quantitative estimate of drug-likeness (QED) is 0.0209. The highest BCUT2D eigenvalue weighted by atomic mass is 32.2. The number of nitrogens with zero attached hydrogens (tertiary/aromatic N) is 2. The Balaban J connectivity index is 1.70. The second-order valence-corrected chi connectivity index (χ2v) is 15.8. The monoisotopic (exact) mass is 793 g/mol. The van der Waals surface area contributed by atoms with Crippen molar-refractivity contribution in [3.63, 3.8) is 0 Å². The normalized spacial score (nSPS) is 14.7. The Morgan fingerprint density at radius 3 is 2.40 bits per heavy atom. The van der Waals surface area contributed by atoms with E-state index < -0.39 is 48.7 Å². The van der Waals surface area contributed by atoms with Gasteiger partial charge in [-0.3, -0.25) is 23.7 Å². The lowest BCUT2D eigenvalue weighted by Crippen LogP contribution is -2.40. The summed E-state index contributed by atoms with van der Waals surface area (Å²) >= 11 is 3.43. The molecule has 1 saturated heterocycles. The third-order valence-corrected chi connectivity index (χ3v) is 10.7. The lowest BCUT2D eigenvalue weighted by Gasteiger charge is -2.31.